The van der Waals surface area contributed by atoms with Gasteiger partial charge in [0, 0.05) is 0 Å². The average Bonchev–Trinajstić information content (AvgIpc) is 3.18. The van der Waals surface area contributed by atoms with E-state index in [9.17, 15) is 0 Å². The molecule has 0 radical (unpaired) electrons. The molecule has 0 atom stereocenters. The fraction of sp³-hybridized carbons (Fsp3) is 0. The molecule has 0 bridgehead atoms. The minimum absolute atomic E-state index is 0.00618. The van der Waals surface area contributed by atoms with E-state index >= 15 is 0 Å². The van der Waals surface area contributed by atoms with Gasteiger partial charge in [-0.15, -0.1) is 0 Å². The van der Waals surface area contributed by atoms with E-state index in [0.29, 0.717) is 17.2 Å². The Morgan fingerprint density at radius 2 is 0.735 bits per heavy atom. The van der Waals surface area contributed by atoms with Crippen LogP contribution in [0.5, 0.6) is 28.7 Å². The molecule has 4 aromatic rings. The standard InChI is InChI=1S/C24H15Cl4O5P/c25-19-20(26)22(28)24-23(21(19)27)32-34(33-24,29-16-10-4-1-5-11-16,30-17-12-6-2-7-13-17)31-18-14-8-3-9-15-18/h1-15H. The normalized spacial score (nSPS) is 16.2. The second-order valence-corrected chi connectivity index (χ2v) is 11.0. The predicted molar refractivity (Wildman–Crippen MR) is 136 cm³/mol. The quantitative estimate of drug-likeness (QED) is 0.135. The molecule has 4 aromatic carbocycles. The molecule has 0 aliphatic carbocycles. The fourth-order valence-electron chi connectivity index (χ4n) is 3.20. The molecule has 10 heteroatoms. The van der Waals surface area contributed by atoms with Gasteiger partial charge in [-0.25, -0.2) is 0 Å². The van der Waals surface area contributed by atoms with Crippen molar-refractivity contribution in [2.45, 2.75) is 0 Å². The third-order valence-electron chi connectivity index (χ3n) is 4.66. The SMILES string of the molecule is Clc1c(Cl)c(Cl)c2c(c1Cl)OP(Oc1ccccc1)(Oc1ccccc1)(Oc1ccccc1)O2. The van der Waals surface area contributed by atoms with E-state index in [1.165, 1.54) is 0 Å². The van der Waals surface area contributed by atoms with E-state index in [1.807, 2.05) is 18.2 Å². The number of benzene rings is 4. The summed E-state index contributed by atoms with van der Waals surface area (Å²) < 4.78 is 31.8. The van der Waals surface area contributed by atoms with Crippen LogP contribution in [0.1, 0.15) is 0 Å². The van der Waals surface area contributed by atoms with Gasteiger partial charge in [0.15, 0.2) is 0 Å². The summed E-state index contributed by atoms with van der Waals surface area (Å²) in [6.45, 7) is 0. The molecule has 0 aromatic heterocycles. The first-order valence-electron chi connectivity index (χ1n) is 9.92. The molecule has 0 N–H and O–H groups in total. The molecule has 0 fully saturated rings. The summed E-state index contributed by atoms with van der Waals surface area (Å²) in [5, 5.41) is -0.0632. The van der Waals surface area contributed by atoms with Crippen molar-refractivity contribution in [3.63, 3.8) is 0 Å². The van der Waals surface area contributed by atoms with Crippen molar-refractivity contribution in [2.24, 2.45) is 0 Å². The molecule has 0 spiro atoms. The molecule has 1 heterocycles. The van der Waals surface area contributed by atoms with Gasteiger partial charge in [-0.1, -0.05) is 0 Å². The van der Waals surface area contributed by atoms with Crippen LogP contribution >= 0.6 is 54.1 Å². The first-order valence-corrected chi connectivity index (χ1v) is 13.3. The first-order chi connectivity index (χ1) is 16.4. The molecular formula is C24H15Cl4O5P. The number of para-hydroxylation sites is 3. The minimum atomic E-state index is -5.12. The van der Waals surface area contributed by atoms with Crippen molar-refractivity contribution in [1.29, 1.82) is 0 Å². The van der Waals surface area contributed by atoms with Crippen molar-refractivity contribution in [1.82, 2.24) is 0 Å². The monoisotopic (exact) mass is 554 g/mol. The van der Waals surface area contributed by atoms with Crippen molar-refractivity contribution >= 4 is 54.1 Å². The zero-order chi connectivity index (χ0) is 23.8. The van der Waals surface area contributed by atoms with Gasteiger partial charge in [-0.05, 0) is 0 Å². The zero-order valence-electron chi connectivity index (χ0n) is 17.2. The second-order valence-electron chi connectivity index (χ2n) is 7.06. The van der Waals surface area contributed by atoms with Gasteiger partial charge < -0.3 is 0 Å². The molecular weight excluding hydrogens is 541 g/mol. The summed E-state index contributed by atoms with van der Waals surface area (Å²) in [4.78, 5) is 0. The van der Waals surface area contributed by atoms with Crippen LogP contribution in [0.25, 0.3) is 0 Å². The third-order valence-corrected chi connectivity index (χ3v) is 8.91. The molecule has 5 rings (SSSR count). The fourth-order valence-corrected chi connectivity index (χ4v) is 6.92. The summed E-state index contributed by atoms with van der Waals surface area (Å²) in [5.41, 5.74) is 0. The molecule has 5 nitrogen and oxygen atoms in total. The van der Waals surface area contributed by atoms with Crippen LogP contribution in [-0.2, 0) is 0 Å². The molecule has 0 saturated heterocycles. The van der Waals surface area contributed by atoms with Gasteiger partial charge in [0.05, 0.1) is 0 Å². The van der Waals surface area contributed by atoms with Gasteiger partial charge in [-0.3, -0.25) is 0 Å². The van der Waals surface area contributed by atoms with Crippen molar-refractivity contribution in [3.8, 4) is 28.7 Å². The Labute approximate surface area is 215 Å². The van der Waals surface area contributed by atoms with Gasteiger partial charge in [0.25, 0.3) is 0 Å². The second kappa shape index (κ2) is 8.92. The number of fused-ring (bicyclic) bond motifs is 1. The molecule has 0 saturated carbocycles. The Morgan fingerprint density at radius 3 is 1.03 bits per heavy atom. The van der Waals surface area contributed by atoms with Crippen molar-refractivity contribution in [3.05, 3.63) is 111 Å². The van der Waals surface area contributed by atoms with Crippen LogP contribution in [-0.4, -0.2) is 0 Å². The van der Waals surface area contributed by atoms with E-state index in [0.717, 1.165) is 0 Å². The van der Waals surface area contributed by atoms with Crippen LogP contribution in [0.15, 0.2) is 91.0 Å². The van der Waals surface area contributed by atoms with Crippen LogP contribution in [0.2, 0.25) is 20.1 Å². The van der Waals surface area contributed by atoms with Crippen LogP contribution < -0.4 is 22.6 Å². The molecule has 0 amide bonds. The van der Waals surface area contributed by atoms with Crippen molar-refractivity contribution < 1.29 is 22.6 Å². The summed E-state index contributed by atoms with van der Waals surface area (Å²) in [5.74, 6) is 1.03. The molecule has 34 heavy (non-hydrogen) atoms. The third kappa shape index (κ3) is 4.19. The number of hydrogen-bond donors (Lipinski definition) is 0. The van der Waals surface area contributed by atoms with Crippen LogP contribution in [0.4, 0.5) is 0 Å². The van der Waals surface area contributed by atoms with E-state index in [4.69, 9.17) is 69.0 Å². The topological polar surface area (TPSA) is 46.2 Å². The van der Waals surface area contributed by atoms with E-state index < -0.39 is 7.74 Å². The Kier molecular flexibility index (Phi) is 6.09. The van der Waals surface area contributed by atoms with E-state index in [2.05, 4.69) is 0 Å². The zero-order valence-corrected chi connectivity index (χ0v) is 21.1. The van der Waals surface area contributed by atoms with Gasteiger partial charge in [-0.2, -0.15) is 0 Å². The molecule has 1 aliphatic rings. The maximum absolute atomic E-state index is 6.49. The van der Waals surface area contributed by atoms with Crippen molar-refractivity contribution in [2.75, 3.05) is 0 Å². The van der Waals surface area contributed by atoms with Crippen LogP contribution in [0, 0.1) is 0 Å². The molecule has 0 unspecified atom stereocenters. The summed E-state index contributed by atoms with van der Waals surface area (Å²) in [6, 6.07) is 26.4. The maximum atomic E-state index is 6.49. The Hall–Kier alpha value is -2.53. The number of hydrogen-bond acceptors (Lipinski definition) is 5. The summed E-state index contributed by atoms with van der Waals surface area (Å²) in [6.07, 6.45) is 0. The first kappa shape index (κ1) is 23.2. The van der Waals surface area contributed by atoms with Gasteiger partial charge >= 0.3 is 217 Å². The van der Waals surface area contributed by atoms with Gasteiger partial charge in [0.1, 0.15) is 0 Å². The predicted octanol–water partition coefficient (Wildman–Crippen LogP) is 9.44. The van der Waals surface area contributed by atoms with Crippen LogP contribution in [0.3, 0.4) is 0 Å². The van der Waals surface area contributed by atoms with E-state index in [1.54, 1.807) is 72.8 Å². The number of rotatable bonds is 6. The average molecular weight is 556 g/mol. The Bertz CT molecular complexity index is 1200. The van der Waals surface area contributed by atoms with E-state index in [-0.39, 0.29) is 31.6 Å². The Morgan fingerprint density at radius 1 is 0.441 bits per heavy atom. The molecule has 1 aliphatic heterocycles. The summed E-state index contributed by atoms with van der Waals surface area (Å²) in [7, 11) is -5.12. The summed E-state index contributed by atoms with van der Waals surface area (Å²) >= 11 is 25.6. The Balaban J connectivity index is 1.75. The number of halogens is 4. The molecule has 174 valence electrons. The van der Waals surface area contributed by atoms with Gasteiger partial charge in [0.2, 0.25) is 0 Å².